The van der Waals surface area contributed by atoms with Crippen molar-refractivity contribution in [2.75, 3.05) is 6.54 Å². The normalized spacial score (nSPS) is 12.4. The molecule has 1 unspecified atom stereocenters. The van der Waals surface area contributed by atoms with Gasteiger partial charge in [0.05, 0.1) is 0 Å². The molecule has 0 aliphatic heterocycles. The van der Waals surface area contributed by atoms with Crippen LogP contribution in [0.15, 0.2) is 36.5 Å². The first-order valence-corrected chi connectivity index (χ1v) is 20.1. The second-order valence-corrected chi connectivity index (χ2v) is 13.5. The molecule has 0 aromatic rings. The van der Waals surface area contributed by atoms with Gasteiger partial charge in [-0.2, -0.15) is 0 Å². The van der Waals surface area contributed by atoms with Crippen LogP contribution in [0.1, 0.15) is 200 Å². The lowest BCUT2D eigenvalue weighted by Crippen LogP contribution is -2.28. The Bertz CT molecular complexity index is 834. The molecule has 0 saturated carbocycles. The number of esters is 1. The van der Waals surface area contributed by atoms with E-state index < -0.39 is 5.97 Å². The van der Waals surface area contributed by atoms with Crippen LogP contribution >= 0.6 is 0 Å². The minimum Gasteiger partial charge on any atom is -0.480 e. The van der Waals surface area contributed by atoms with Crippen LogP contribution in [0.25, 0.3) is 0 Å². The molecule has 0 aromatic carbocycles. The summed E-state index contributed by atoms with van der Waals surface area (Å²) in [6, 6.07) is 0. The molecule has 0 aromatic heterocycles. The van der Waals surface area contributed by atoms with Gasteiger partial charge in [-0.1, -0.05) is 147 Å². The highest BCUT2D eigenvalue weighted by Gasteiger charge is 2.14. The number of carbonyl (C=O) groups is 3. The molecular weight excluding hydrogens is 598 g/mol. The van der Waals surface area contributed by atoms with E-state index in [2.05, 4.69) is 55.6 Å². The lowest BCUT2D eigenvalue weighted by Gasteiger charge is -2.18. The minimum atomic E-state index is -1.02. The van der Waals surface area contributed by atoms with Gasteiger partial charge in [-0.25, -0.2) is 0 Å². The smallest absolute Gasteiger partial charge is 0.322 e. The average Bonchev–Trinajstić information content (AvgIpc) is 3.07. The maximum absolute atomic E-state index is 12.6. The Morgan fingerprint density at radius 2 is 0.958 bits per heavy atom. The van der Waals surface area contributed by atoms with Crippen molar-refractivity contribution in [3.63, 3.8) is 0 Å². The molecule has 2 N–H and O–H groups in total. The zero-order valence-corrected chi connectivity index (χ0v) is 31.3. The topological polar surface area (TPSA) is 92.7 Å². The van der Waals surface area contributed by atoms with E-state index in [-0.39, 0.29) is 24.5 Å². The Kier molecular flexibility index (Phi) is 35.6. The third kappa shape index (κ3) is 36.5. The van der Waals surface area contributed by atoms with E-state index in [1.165, 1.54) is 96.3 Å². The van der Waals surface area contributed by atoms with Gasteiger partial charge in [-0.05, 0) is 77.0 Å². The van der Waals surface area contributed by atoms with Gasteiger partial charge in [0.15, 0.2) is 0 Å². The summed E-state index contributed by atoms with van der Waals surface area (Å²) in [5.74, 6) is -1.28. The van der Waals surface area contributed by atoms with Gasteiger partial charge < -0.3 is 15.2 Å². The van der Waals surface area contributed by atoms with Gasteiger partial charge in [0.2, 0.25) is 5.91 Å². The van der Waals surface area contributed by atoms with Crippen molar-refractivity contribution >= 4 is 17.8 Å². The Labute approximate surface area is 296 Å². The fourth-order valence-electron chi connectivity index (χ4n) is 5.82. The Balaban J connectivity index is 3.96. The molecule has 0 rings (SSSR count). The molecule has 0 aliphatic carbocycles. The predicted octanol–water partition coefficient (Wildman–Crippen LogP) is 12.1. The molecule has 278 valence electrons. The van der Waals surface area contributed by atoms with Crippen molar-refractivity contribution in [2.24, 2.45) is 0 Å². The number of ether oxygens (including phenoxy) is 1. The van der Waals surface area contributed by atoms with Crippen LogP contribution in [-0.2, 0) is 19.1 Å². The molecule has 1 amide bonds. The Hall–Kier alpha value is -2.37. The van der Waals surface area contributed by atoms with Crippen molar-refractivity contribution in [3.05, 3.63) is 36.5 Å². The number of rotatable bonds is 36. The van der Waals surface area contributed by atoms with Crippen LogP contribution in [0.5, 0.6) is 0 Å². The fraction of sp³-hybridized carbons (Fsp3) is 0.786. The minimum absolute atomic E-state index is 0.00201. The first-order valence-electron chi connectivity index (χ1n) is 20.1. The molecule has 0 radical (unpaired) electrons. The maximum Gasteiger partial charge on any atom is 0.322 e. The monoisotopic (exact) mass is 674 g/mol. The molecule has 0 bridgehead atoms. The largest absolute Gasteiger partial charge is 0.480 e. The lowest BCUT2D eigenvalue weighted by atomic mass is 10.0. The van der Waals surface area contributed by atoms with Crippen LogP contribution in [0.2, 0.25) is 0 Å². The summed E-state index contributed by atoms with van der Waals surface area (Å²) in [7, 11) is 0. The summed E-state index contributed by atoms with van der Waals surface area (Å²) < 4.78 is 5.95. The van der Waals surface area contributed by atoms with Crippen LogP contribution < -0.4 is 5.32 Å². The SMILES string of the molecule is CCCCCCC/C=C\C/C=C\C/C=C\CCCCCCCCC(=O)OC(CCCCCCCC)CCCCCCC(=O)NCC(=O)O. The molecule has 1 atom stereocenters. The highest BCUT2D eigenvalue weighted by molar-refractivity contribution is 5.80. The molecular formula is C42H75NO5. The van der Waals surface area contributed by atoms with Crippen molar-refractivity contribution < 1.29 is 24.2 Å². The summed E-state index contributed by atoms with van der Waals surface area (Å²) in [5.41, 5.74) is 0. The summed E-state index contributed by atoms with van der Waals surface area (Å²) in [6.07, 6.45) is 45.6. The van der Waals surface area contributed by atoms with E-state index in [4.69, 9.17) is 9.84 Å². The number of hydrogen-bond acceptors (Lipinski definition) is 4. The van der Waals surface area contributed by atoms with Crippen molar-refractivity contribution in [2.45, 2.75) is 206 Å². The van der Waals surface area contributed by atoms with Crippen molar-refractivity contribution in [1.82, 2.24) is 5.32 Å². The third-order valence-corrected chi connectivity index (χ3v) is 8.81. The number of allylic oxidation sites excluding steroid dienone is 6. The van der Waals surface area contributed by atoms with Gasteiger partial charge in [-0.3, -0.25) is 14.4 Å². The van der Waals surface area contributed by atoms with Crippen LogP contribution in [0, 0.1) is 0 Å². The van der Waals surface area contributed by atoms with Crippen LogP contribution in [0.4, 0.5) is 0 Å². The standard InChI is InChI=1S/C42H75NO5/c1-3-5-7-9-11-12-13-14-15-16-17-18-19-20-21-22-23-24-25-27-33-37-42(47)48-39(34-30-26-10-8-6-4-2)35-31-28-29-32-36-40(44)43-38-41(45)46/h13-14,16-17,19-20,39H,3-12,15,18,21-38H2,1-2H3,(H,43,44)(H,45,46)/b14-13-,17-16-,20-19-. The van der Waals surface area contributed by atoms with Crippen LogP contribution in [-0.4, -0.2) is 35.6 Å². The molecule has 0 saturated heterocycles. The molecule has 0 heterocycles. The van der Waals surface area contributed by atoms with Crippen molar-refractivity contribution in [3.8, 4) is 0 Å². The zero-order chi connectivity index (χ0) is 35.2. The highest BCUT2D eigenvalue weighted by atomic mass is 16.5. The van der Waals surface area contributed by atoms with E-state index in [1.807, 2.05) is 0 Å². The van der Waals surface area contributed by atoms with Gasteiger partial charge in [0.1, 0.15) is 12.6 Å². The lowest BCUT2D eigenvalue weighted by molar-refractivity contribution is -0.150. The second kappa shape index (κ2) is 37.4. The first kappa shape index (κ1) is 45.6. The van der Waals surface area contributed by atoms with Crippen molar-refractivity contribution in [1.29, 1.82) is 0 Å². The Morgan fingerprint density at radius 3 is 1.46 bits per heavy atom. The first-order chi connectivity index (χ1) is 23.5. The Morgan fingerprint density at radius 1 is 0.542 bits per heavy atom. The second-order valence-electron chi connectivity index (χ2n) is 13.5. The number of carboxylic acids is 1. The number of unbranched alkanes of at least 4 members (excludes halogenated alkanes) is 19. The zero-order valence-electron chi connectivity index (χ0n) is 31.3. The molecule has 0 fully saturated rings. The third-order valence-electron chi connectivity index (χ3n) is 8.81. The van der Waals surface area contributed by atoms with Gasteiger partial charge in [0, 0.05) is 12.8 Å². The molecule has 48 heavy (non-hydrogen) atoms. The summed E-state index contributed by atoms with van der Waals surface area (Å²) in [5, 5.41) is 11.1. The van der Waals surface area contributed by atoms with Gasteiger partial charge in [-0.15, -0.1) is 0 Å². The average molecular weight is 674 g/mol. The summed E-state index contributed by atoms with van der Waals surface area (Å²) in [6.45, 7) is 4.17. The molecule has 6 nitrogen and oxygen atoms in total. The quantitative estimate of drug-likeness (QED) is 0.0392. The number of amides is 1. The van der Waals surface area contributed by atoms with E-state index >= 15 is 0 Å². The van der Waals surface area contributed by atoms with Gasteiger partial charge >= 0.3 is 11.9 Å². The van der Waals surface area contributed by atoms with Crippen LogP contribution in [0.3, 0.4) is 0 Å². The predicted molar refractivity (Wildman–Crippen MR) is 203 cm³/mol. The highest BCUT2D eigenvalue weighted by Crippen LogP contribution is 2.18. The molecule has 0 spiro atoms. The number of hydrogen-bond donors (Lipinski definition) is 2. The maximum atomic E-state index is 12.6. The van der Waals surface area contributed by atoms with Gasteiger partial charge in [0.25, 0.3) is 0 Å². The number of nitrogens with one attached hydrogen (secondary N) is 1. The van der Waals surface area contributed by atoms with E-state index in [0.717, 1.165) is 77.0 Å². The van der Waals surface area contributed by atoms with E-state index in [0.29, 0.717) is 12.8 Å². The molecule has 6 heteroatoms. The number of carboxylic acid groups (broad SMARTS) is 1. The number of aliphatic carboxylic acids is 1. The van der Waals surface area contributed by atoms with E-state index in [1.54, 1.807) is 0 Å². The van der Waals surface area contributed by atoms with E-state index in [9.17, 15) is 14.4 Å². The summed E-state index contributed by atoms with van der Waals surface area (Å²) >= 11 is 0. The molecule has 0 aliphatic rings. The summed E-state index contributed by atoms with van der Waals surface area (Å²) in [4.78, 5) is 34.8. The number of carbonyl (C=O) groups excluding carboxylic acids is 2. The fourth-order valence-corrected chi connectivity index (χ4v) is 5.82.